The van der Waals surface area contributed by atoms with Crippen LogP contribution in [0.1, 0.15) is 32.4 Å². The Balaban J connectivity index is 2.65. The first kappa shape index (κ1) is 18.4. The summed E-state index contributed by atoms with van der Waals surface area (Å²) in [5, 5.41) is 15.0. The van der Waals surface area contributed by atoms with Crippen LogP contribution in [-0.2, 0) is 9.59 Å². The van der Waals surface area contributed by atoms with E-state index >= 15 is 0 Å². The van der Waals surface area contributed by atoms with Crippen LogP contribution in [0.4, 0.5) is 4.39 Å². The first-order valence-electron chi connectivity index (χ1n) is 6.90. The van der Waals surface area contributed by atoms with Gasteiger partial charge in [-0.1, -0.05) is 31.5 Å². The van der Waals surface area contributed by atoms with Crippen molar-refractivity contribution in [1.82, 2.24) is 10.6 Å². The second-order valence-corrected chi connectivity index (χ2v) is 5.76. The minimum absolute atomic E-state index is 0.0366. The molecule has 2 amide bonds. The van der Waals surface area contributed by atoms with Crippen LogP contribution in [0.25, 0.3) is 0 Å². The van der Waals surface area contributed by atoms with Gasteiger partial charge in [0.25, 0.3) is 0 Å². The Morgan fingerprint density at radius 3 is 2.50 bits per heavy atom. The molecule has 2 unspecified atom stereocenters. The van der Waals surface area contributed by atoms with Crippen LogP contribution >= 0.6 is 11.6 Å². The molecule has 122 valence electrons. The number of hydrogen-bond acceptors (Lipinski definition) is 3. The van der Waals surface area contributed by atoms with Crippen LogP contribution in [-0.4, -0.2) is 29.5 Å². The zero-order chi connectivity index (χ0) is 16.9. The Bertz CT molecular complexity index is 552. The number of carbonyl (C=O) groups is 2. The first-order chi connectivity index (χ1) is 10.2. The van der Waals surface area contributed by atoms with Gasteiger partial charge in [-0.3, -0.25) is 9.59 Å². The molecule has 3 N–H and O–H groups in total. The van der Waals surface area contributed by atoms with Crippen LogP contribution in [0, 0.1) is 11.7 Å². The minimum atomic E-state index is -1.07. The summed E-state index contributed by atoms with van der Waals surface area (Å²) in [6.07, 6.45) is -1.07. The summed E-state index contributed by atoms with van der Waals surface area (Å²) in [4.78, 5) is 23.1. The van der Waals surface area contributed by atoms with Crippen molar-refractivity contribution in [2.45, 2.75) is 32.9 Å². The molecule has 5 nitrogen and oxygen atoms in total. The summed E-state index contributed by atoms with van der Waals surface area (Å²) in [7, 11) is 0. The highest BCUT2D eigenvalue weighted by Gasteiger charge is 2.23. The highest BCUT2D eigenvalue weighted by Crippen LogP contribution is 2.19. The lowest BCUT2D eigenvalue weighted by Gasteiger charge is -2.22. The Morgan fingerprint density at radius 1 is 1.36 bits per heavy atom. The van der Waals surface area contributed by atoms with Crippen LogP contribution in [0.3, 0.4) is 0 Å². The smallest absolute Gasteiger partial charge is 0.242 e. The fraction of sp³-hybridized carbons (Fsp3) is 0.467. The second kappa shape index (κ2) is 8.10. The van der Waals surface area contributed by atoms with E-state index in [9.17, 15) is 19.1 Å². The van der Waals surface area contributed by atoms with Crippen LogP contribution in [0.2, 0.25) is 5.02 Å². The summed E-state index contributed by atoms with van der Waals surface area (Å²) in [6, 6.07) is 3.25. The van der Waals surface area contributed by atoms with Gasteiger partial charge in [-0.25, -0.2) is 4.39 Å². The number of aliphatic hydroxyl groups excluding tert-OH is 1. The summed E-state index contributed by atoms with van der Waals surface area (Å²) >= 11 is 5.57. The van der Waals surface area contributed by atoms with Crippen molar-refractivity contribution in [2.24, 2.45) is 5.92 Å². The van der Waals surface area contributed by atoms with Gasteiger partial charge in [0.05, 0.1) is 11.1 Å². The van der Waals surface area contributed by atoms with E-state index in [1.165, 1.54) is 19.1 Å². The van der Waals surface area contributed by atoms with Crippen molar-refractivity contribution in [3.8, 4) is 0 Å². The van der Waals surface area contributed by atoms with Crippen LogP contribution in [0.15, 0.2) is 18.2 Å². The predicted octanol–water partition coefficient (Wildman–Crippen LogP) is 1.79. The molecular formula is C15H20ClFN2O3. The number of nitrogens with one attached hydrogen (secondary N) is 2. The normalized spacial score (nSPS) is 13.6. The number of benzene rings is 1. The molecule has 0 aliphatic heterocycles. The molecule has 0 radical (unpaired) electrons. The van der Waals surface area contributed by atoms with Gasteiger partial charge in [-0.2, -0.15) is 0 Å². The van der Waals surface area contributed by atoms with Gasteiger partial charge in [0, 0.05) is 13.5 Å². The number of rotatable bonds is 6. The minimum Gasteiger partial charge on any atom is -0.387 e. The molecule has 7 heteroatoms. The molecule has 0 saturated heterocycles. The molecule has 0 aromatic heterocycles. The van der Waals surface area contributed by atoms with E-state index in [4.69, 9.17) is 11.6 Å². The van der Waals surface area contributed by atoms with E-state index in [2.05, 4.69) is 10.6 Å². The zero-order valence-corrected chi connectivity index (χ0v) is 13.4. The third-order valence-corrected chi connectivity index (χ3v) is 3.41. The first-order valence-corrected chi connectivity index (χ1v) is 7.28. The average Bonchev–Trinajstić information content (AvgIpc) is 2.44. The SMILES string of the molecule is CC(=O)NC(C(=O)NCC(O)c1ccc(Cl)c(F)c1)C(C)C. The summed E-state index contributed by atoms with van der Waals surface area (Å²) in [5.74, 6) is -1.45. The molecule has 0 fully saturated rings. The van der Waals surface area contributed by atoms with Crippen molar-refractivity contribution in [1.29, 1.82) is 0 Å². The molecular weight excluding hydrogens is 311 g/mol. The molecule has 0 aliphatic carbocycles. The number of hydrogen-bond donors (Lipinski definition) is 3. The molecule has 1 aromatic carbocycles. The van der Waals surface area contributed by atoms with Gasteiger partial charge >= 0.3 is 0 Å². The van der Waals surface area contributed by atoms with E-state index in [0.717, 1.165) is 6.07 Å². The molecule has 0 bridgehead atoms. The highest BCUT2D eigenvalue weighted by molar-refractivity contribution is 6.30. The van der Waals surface area contributed by atoms with Gasteiger partial charge < -0.3 is 15.7 Å². The Labute approximate surface area is 133 Å². The second-order valence-electron chi connectivity index (χ2n) is 5.36. The summed E-state index contributed by atoms with van der Waals surface area (Å²) in [5.41, 5.74) is 0.308. The third-order valence-electron chi connectivity index (χ3n) is 3.11. The van der Waals surface area contributed by atoms with Crippen LogP contribution < -0.4 is 10.6 Å². The molecule has 0 spiro atoms. The van der Waals surface area contributed by atoms with Gasteiger partial charge in [0.1, 0.15) is 11.9 Å². The number of carbonyl (C=O) groups excluding carboxylic acids is 2. The maximum atomic E-state index is 13.3. The lowest BCUT2D eigenvalue weighted by atomic mass is 10.0. The van der Waals surface area contributed by atoms with Gasteiger partial charge in [0.2, 0.25) is 11.8 Å². The number of halogens is 2. The molecule has 0 aliphatic rings. The van der Waals surface area contributed by atoms with Gasteiger partial charge in [-0.15, -0.1) is 0 Å². The predicted molar refractivity (Wildman–Crippen MR) is 81.8 cm³/mol. The maximum absolute atomic E-state index is 13.3. The largest absolute Gasteiger partial charge is 0.387 e. The quantitative estimate of drug-likeness (QED) is 0.744. The Kier molecular flexibility index (Phi) is 6.77. The van der Waals surface area contributed by atoms with E-state index in [1.54, 1.807) is 13.8 Å². The summed E-state index contributed by atoms with van der Waals surface area (Å²) in [6.45, 7) is 4.83. The van der Waals surface area contributed by atoms with Crippen molar-refractivity contribution < 1.29 is 19.1 Å². The molecule has 1 rings (SSSR count). The fourth-order valence-corrected chi connectivity index (χ4v) is 2.02. The number of aliphatic hydroxyl groups is 1. The molecule has 2 atom stereocenters. The topological polar surface area (TPSA) is 78.4 Å². The van der Waals surface area contributed by atoms with Crippen molar-refractivity contribution in [2.75, 3.05) is 6.54 Å². The van der Waals surface area contributed by atoms with Gasteiger partial charge in [0.15, 0.2) is 0 Å². The Hall–Kier alpha value is -1.66. The van der Waals surface area contributed by atoms with Crippen LogP contribution in [0.5, 0.6) is 0 Å². The van der Waals surface area contributed by atoms with E-state index in [1.807, 2.05) is 0 Å². The fourth-order valence-electron chi connectivity index (χ4n) is 1.90. The highest BCUT2D eigenvalue weighted by atomic mass is 35.5. The van der Waals surface area contributed by atoms with E-state index in [-0.39, 0.29) is 23.4 Å². The van der Waals surface area contributed by atoms with E-state index in [0.29, 0.717) is 5.56 Å². The third kappa shape index (κ3) is 5.27. The standard InChI is InChI=1S/C15H20ClFN2O3/c1-8(2)14(19-9(3)20)15(22)18-7-13(21)10-4-5-11(16)12(17)6-10/h4-6,8,13-14,21H,7H2,1-3H3,(H,18,22)(H,19,20). The molecule has 22 heavy (non-hydrogen) atoms. The zero-order valence-electron chi connectivity index (χ0n) is 12.7. The Morgan fingerprint density at radius 2 is 2.00 bits per heavy atom. The van der Waals surface area contributed by atoms with Gasteiger partial charge in [-0.05, 0) is 23.6 Å². The van der Waals surface area contributed by atoms with Crippen molar-refractivity contribution >= 4 is 23.4 Å². The molecule has 1 aromatic rings. The molecule has 0 saturated carbocycles. The maximum Gasteiger partial charge on any atom is 0.242 e. The van der Waals surface area contributed by atoms with Crippen molar-refractivity contribution in [3.05, 3.63) is 34.6 Å². The van der Waals surface area contributed by atoms with E-state index < -0.39 is 23.9 Å². The number of amides is 2. The lowest BCUT2D eigenvalue weighted by molar-refractivity contribution is -0.129. The average molecular weight is 331 g/mol. The monoisotopic (exact) mass is 330 g/mol. The van der Waals surface area contributed by atoms with Crippen molar-refractivity contribution in [3.63, 3.8) is 0 Å². The summed E-state index contributed by atoms with van der Waals surface area (Å²) < 4.78 is 13.3. The molecule has 0 heterocycles. The lowest BCUT2D eigenvalue weighted by Crippen LogP contribution is -2.49.